The van der Waals surface area contributed by atoms with E-state index in [0.29, 0.717) is 22.1 Å². The Morgan fingerprint density at radius 1 is 1.40 bits per heavy atom. The van der Waals surface area contributed by atoms with E-state index < -0.39 is 0 Å². The molecule has 0 aliphatic heterocycles. The first-order chi connectivity index (χ1) is 9.70. The quantitative estimate of drug-likeness (QED) is 0.887. The van der Waals surface area contributed by atoms with Gasteiger partial charge in [0.1, 0.15) is 5.82 Å². The number of halogens is 1. The van der Waals surface area contributed by atoms with Crippen molar-refractivity contribution in [1.82, 2.24) is 9.97 Å². The fraction of sp³-hybridized carbons (Fsp3) is 0.214. The summed E-state index contributed by atoms with van der Waals surface area (Å²) >= 11 is 6.09. The van der Waals surface area contributed by atoms with Gasteiger partial charge >= 0.3 is 0 Å². The van der Waals surface area contributed by atoms with E-state index in [1.807, 2.05) is 0 Å². The Morgan fingerprint density at radius 3 is 2.90 bits per heavy atom. The number of nitrogens with one attached hydrogen (secondary N) is 2. The van der Waals surface area contributed by atoms with Crippen molar-refractivity contribution in [3.63, 3.8) is 0 Å². The average molecular weight is 291 g/mol. The largest absolute Gasteiger partial charge is 0.369 e. The maximum absolute atomic E-state index is 12.0. The zero-order valence-corrected chi connectivity index (χ0v) is 11.8. The van der Waals surface area contributed by atoms with Crippen molar-refractivity contribution in [2.75, 3.05) is 17.2 Å². The number of hydrogen-bond acceptors (Lipinski definition) is 4. The van der Waals surface area contributed by atoms with Gasteiger partial charge in [0.2, 0.25) is 0 Å². The van der Waals surface area contributed by atoms with Crippen LogP contribution in [-0.2, 0) is 0 Å². The molecule has 0 saturated heterocycles. The molecule has 2 heterocycles. The minimum atomic E-state index is -0.269. The van der Waals surface area contributed by atoms with E-state index in [4.69, 9.17) is 11.6 Å². The summed E-state index contributed by atoms with van der Waals surface area (Å²) in [6, 6.07) is 5.11. The van der Waals surface area contributed by atoms with Gasteiger partial charge in [0.05, 0.1) is 22.5 Å². The second kappa shape index (κ2) is 6.86. The summed E-state index contributed by atoms with van der Waals surface area (Å²) in [4.78, 5) is 20.1. The van der Waals surface area contributed by atoms with E-state index in [-0.39, 0.29) is 5.91 Å². The lowest BCUT2D eigenvalue weighted by Crippen LogP contribution is -2.13. The van der Waals surface area contributed by atoms with Gasteiger partial charge in [-0.3, -0.25) is 9.78 Å². The topological polar surface area (TPSA) is 66.9 Å². The predicted octanol–water partition coefficient (Wildman–Crippen LogP) is 3.20. The van der Waals surface area contributed by atoms with E-state index in [1.165, 1.54) is 6.20 Å². The van der Waals surface area contributed by atoms with Crippen LogP contribution in [0, 0.1) is 0 Å². The molecule has 2 aromatic heterocycles. The molecule has 6 heteroatoms. The number of nitrogens with zero attached hydrogens (tertiary/aromatic N) is 2. The van der Waals surface area contributed by atoms with E-state index in [2.05, 4.69) is 27.5 Å². The number of amides is 1. The van der Waals surface area contributed by atoms with Crippen LogP contribution >= 0.6 is 11.6 Å². The first-order valence-corrected chi connectivity index (χ1v) is 6.69. The molecule has 2 rings (SSSR count). The van der Waals surface area contributed by atoms with Crippen LogP contribution in [0.15, 0.2) is 36.8 Å². The molecule has 0 bridgehead atoms. The summed E-state index contributed by atoms with van der Waals surface area (Å²) in [6.45, 7) is 2.84. The molecule has 0 radical (unpaired) electrons. The van der Waals surface area contributed by atoms with Gasteiger partial charge in [-0.15, -0.1) is 0 Å². The van der Waals surface area contributed by atoms with Crippen LogP contribution in [0.3, 0.4) is 0 Å². The van der Waals surface area contributed by atoms with Crippen LogP contribution in [0.1, 0.15) is 23.7 Å². The fourth-order valence-electron chi connectivity index (χ4n) is 1.58. The first-order valence-electron chi connectivity index (χ1n) is 6.31. The second-order valence-electron chi connectivity index (χ2n) is 4.18. The lowest BCUT2D eigenvalue weighted by Gasteiger charge is -2.08. The Labute approximate surface area is 122 Å². The van der Waals surface area contributed by atoms with Gasteiger partial charge in [-0.05, 0) is 24.6 Å². The summed E-state index contributed by atoms with van der Waals surface area (Å²) in [6.07, 6.45) is 5.68. The zero-order chi connectivity index (χ0) is 14.4. The van der Waals surface area contributed by atoms with Crippen LogP contribution < -0.4 is 10.6 Å². The highest BCUT2D eigenvalue weighted by Gasteiger charge is 2.10. The summed E-state index contributed by atoms with van der Waals surface area (Å²) in [5, 5.41) is 6.25. The fourth-order valence-corrected chi connectivity index (χ4v) is 1.81. The Balaban J connectivity index is 2.09. The number of carbonyl (C=O) groups is 1. The third kappa shape index (κ3) is 3.68. The number of anilines is 2. The van der Waals surface area contributed by atoms with Crippen LogP contribution in [0.4, 0.5) is 11.5 Å². The molecular weight excluding hydrogens is 276 g/mol. The number of aromatic nitrogens is 2. The van der Waals surface area contributed by atoms with Gasteiger partial charge in [0.25, 0.3) is 5.91 Å². The zero-order valence-electron chi connectivity index (χ0n) is 11.1. The molecule has 5 nitrogen and oxygen atoms in total. The third-order valence-electron chi connectivity index (χ3n) is 2.57. The van der Waals surface area contributed by atoms with Gasteiger partial charge in [-0.1, -0.05) is 18.5 Å². The number of hydrogen-bond donors (Lipinski definition) is 2. The molecule has 0 atom stereocenters. The summed E-state index contributed by atoms with van der Waals surface area (Å²) < 4.78 is 0. The molecule has 20 heavy (non-hydrogen) atoms. The Bertz CT molecular complexity index is 589. The lowest BCUT2D eigenvalue weighted by atomic mass is 10.2. The molecule has 2 N–H and O–H groups in total. The van der Waals surface area contributed by atoms with E-state index in [9.17, 15) is 4.79 Å². The maximum Gasteiger partial charge on any atom is 0.257 e. The van der Waals surface area contributed by atoms with E-state index in [0.717, 1.165) is 13.0 Å². The molecule has 0 aromatic carbocycles. The third-order valence-corrected chi connectivity index (χ3v) is 2.85. The van der Waals surface area contributed by atoms with E-state index in [1.54, 1.807) is 30.6 Å². The van der Waals surface area contributed by atoms with Crippen molar-refractivity contribution in [2.24, 2.45) is 0 Å². The van der Waals surface area contributed by atoms with Gasteiger partial charge in [-0.2, -0.15) is 0 Å². The molecule has 0 spiro atoms. The SMILES string of the molecule is CCCNc1ncc(C(=O)Nc2cccnc2)cc1Cl. The number of pyridine rings is 2. The lowest BCUT2D eigenvalue weighted by molar-refractivity contribution is 0.102. The van der Waals surface area contributed by atoms with Crippen molar-refractivity contribution in [3.05, 3.63) is 47.4 Å². The smallest absolute Gasteiger partial charge is 0.257 e. The highest BCUT2D eigenvalue weighted by atomic mass is 35.5. The number of carbonyl (C=O) groups excluding carboxylic acids is 1. The van der Waals surface area contributed by atoms with Crippen LogP contribution in [0.5, 0.6) is 0 Å². The standard InChI is InChI=1S/C14H15ClN4O/c1-2-5-17-13-12(15)7-10(8-18-13)14(20)19-11-4-3-6-16-9-11/h3-4,6-9H,2,5H2,1H3,(H,17,18)(H,19,20). The molecule has 0 aliphatic carbocycles. The Kier molecular flexibility index (Phi) is 4.90. The molecule has 2 aromatic rings. The summed E-state index contributed by atoms with van der Waals surface area (Å²) in [5.74, 6) is 0.320. The van der Waals surface area contributed by atoms with Crippen LogP contribution in [0.25, 0.3) is 0 Å². The van der Waals surface area contributed by atoms with Crippen molar-refractivity contribution in [2.45, 2.75) is 13.3 Å². The van der Waals surface area contributed by atoms with Crippen molar-refractivity contribution in [3.8, 4) is 0 Å². The van der Waals surface area contributed by atoms with E-state index >= 15 is 0 Å². The van der Waals surface area contributed by atoms with Crippen LogP contribution in [0.2, 0.25) is 5.02 Å². The number of rotatable bonds is 5. The van der Waals surface area contributed by atoms with Crippen LogP contribution in [-0.4, -0.2) is 22.4 Å². The summed E-state index contributed by atoms with van der Waals surface area (Å²) in [5.41, 5.74) is 1.03. The normalized spacial score (nSPS) is 10.1. The maximum atomic E-state index is 12.0. The van der Waals surface area contributed by atoms with Gasteiger partial charge < -0.3 is 10.6 Å². The second-order valence-corrected chi connectivity index (χ2v) is 4.58. The minimum absolute atomic E-state index is 0.269. The van der Waals surface area contributed by atoms with Crippen molar-refractivity contribution >= 4 is 29.0 Å². The molecule has 0 aliphatic rings. The van der Waals surface area contributed by atoms with Gasteiger partial charge in [-0.25, -0.2) is 4.98 Å². The molecule has 1 amide bonds. The predicted molar refractivity (Wildman–Crippen MR) is 80.2 cm³/mol. The minimum Gasteiger partial charge on any atom is -0.369 e. The average Bonchev–Trinajstić information content (AvgIpc) is 2.47. The monoisotopic (exact) mass is 290 g/mol. The molecule has 0 saturated carbocycles. The molecule has 0 fully saturated rings. The molecular formula is C14H15ClN4O. The van der Waals surface area contributed by atoms with Crippen molar-refractivity contribution in [1.29, 1.82) is 0 Å². The molecule has 0 unspecified atom stereocenters. The first kappa shape index (κ1) is 14.3. The van der Waals surface area contributed by atoms with Gasteiger partial charge in [0, 0.05) is 18.9 Å². The Hall–Kier alpha value is -2.14. The highest BCUT2D eigenvalue weighted by Crippen LogP contribution is 2.20. The molecule has 104 valence electrons. The Morgan fingerprint density at radius 2 is 2.25 bits per heavy atom. The highest BCUT2D eigenvalue weighted by molar-refractivity contribution is 6.33. The van der Waals surface area contributed by atoms with Gasteiger partial charge in [0.15, 0.2) is 0 Å². The van der Waals surface area contributed by atoms with Crippen molar-refractivity contribution < 1.29 is 4.79 Å². The summed E-state index contributed by atoms with van der Waals surface area (Å²) in [7, 11) is 0.